The van der Waals surface area contributed by atoms with E-state index in [1.165, 1.54) is 20.3 Å². The van der Waals surface area contributed by atoms with Crippen LogP contribution in [0.15, 0.2) is 24.4 Å². The number of aromatic nitrogens is 1. The molecule has 1 aromatic heterocycles. The normalized spacial score (nSPS) is 22.3. The van der Waals surface area contributed by atoms with Crippen LogP contribution in [-0.4, -0.2) is 76.7 Å². The molecule has 3 N–H and O–H groups in total. The Morgan fingerprint density at radius 2 is 2.00 bits per heavy atom. The van der Waals surface area contributed by atoms with Crippen molar-refractivity contribution in [3.05, 3.63) is 35.5 Å². The van der Waals surface area contributed by atoms with Crippen molar-refractivity contribution in [3.63, 3.8) is 0 Å². The molecule has 2 aliphatic rings. The van der Waals surface area contributed by atoms with Crippen molar-refractivity contribution < 1.29 is 14.4 Å². The summed E-state index contributed by atoms with van der Waals surface area (Å²) in [5.74, 6) is -0.250. The highest BCUT2D eigenvalue weighted by molar-refractivity contribution is 5.89. The number of carbonyl (C=O) groups excluding carboxylic acids is 3. The van der Waals surface area contributed by atoms with Crippen LogP contribution in [0.5, 0.6) is 0 Å². The van der Waals surface area contributed by atoms with E-state index in [1.54, 1.807) is 14.1 Å². The van der Waals surface area contributed by atoms with E-state index in [-0.39, 0.29) is 30.6 Å². The first-order valence-electron chi connectivity index (χ1n) is 9.69. The zero-order chi connectivity index (χ0) is 20.9. The summed E-state index contributed by atoms with van der Waals surface area (Å²) in [6.07, 6.45) is 1.72. The van der Waals surface area contributed by atoms with E-state index in [0.717, 1.165) is 16.5 Å². The quantitative estimate of drug-likeness (QED) is 0.705. The number of aromatic amines is 1. The summed E-state index contributed by atoms with van der Waals surface area (Å²) < 4.78 is 0. The molecule has 4 rings (SSSR count). The number of aryl methyl sites for hydroxylation is 1. The van der Waals surface area contributed by atoms with Crippen molar-refractivity contribution in [2.24, 2.45) is 0 Å². The number of fused-ring (bicyclic) bond motifs is 2. The largest absolute Gasteiger partial charge is 0.361 e. The summed E-state index contributed by atoms with van der Waals surface area (Å²) in [6.45, 7) is 3.90. The first-order chi connectivity index (χ1) is 13.8. The van der Waals surface area contributed by atoms with Crippen LogP contribution in [0.4, 0.5) is 9.59 Å². The average molecular weight is 398 g/mol. The number of likely N-dealkylation sites (N-methyl/N-ethyl adjacent to an activating group) is 2. The molecule has 2 aromatic rings. The molecule has 3 atom stereocenters. The molecule has 2 fully saturated rings. The number of amides is 5. The SMILES string of the molecule is Cc1cccc2c(C[C@H](C)NC(=O)CN3C(=O)N[C@@H]4[C@H]3N(C)C(=O)N4C)c[nH]c12. The monoisotopic (exact) mass is 398 g/mol. The number of H-pyrrole nitrogens is 1. The number of urea groups is 2. The van der Waals surface area contributed by atoms with Crippen molar-refractivity contribution in [2.75, 3.05) is 20.6 Å². The fourth-order valence-electron chi connectivity index (χ4n) is 4.33. The topological polar surface area (TPSA) is 101 Å². The van der Waals surface area contributed by atoms with Crippen LogP contribution in [0.25, 0.3) is 10.9 Å². The van der Waals surface area contributed by atoms with Gasteiger partial charge < -0.3 is 25.4 Å². The minimum absolute atomic E-state index is 0.101. The van der Waals surface area contributed by atoms with E-state index in [2.05, 4.69) is 34.7 Å². The maximum absolute atomic E-state index is 12.6. The molecule has 0 radical (unpaired) electrons. The molecule has 0 spiro atoms. The van der Waals surface area contributed by atoms with E-state index >= 15 is 0 Å². The van der Waals surface area contributed by atoms with Gasteiger partial charge >= 0.3 is 12.1 Å². The van der Waals surface area contributed by atoms with Crippen molar-refractivity contribution in [3.8, 4) is 0 Å². The van der Waals surface area contributed by atoms with Gasteiger partial charge in [-0.15, -0.1) is 0 Å². The molecule has 0 unspecified atom stereocenters. The maximum Gasteiger partial charge on any atom is 0.323 e. The maximum atomic E-state index is 12.6. The average Bonchev–Trinajstić information content (AvgIpc) is 3.28. The number of hydrogen-bond donors (Lipinski definition) is 3. The van der Waals surface area contributed by atoms with Crippen LogP contribution < -0.4 is 10.6 Å². The fraction of sp³-hybridized carbons (Fsp3) is 0.450. The van der Waals surface area contributed by atoms with Crippen molar-refractivity contribution >= 4 is 28.9 Å². The standard InChI is InChI=1S/C20H26N6O3/c1-11-6-5-7-14-13(9-21-16(11)14)8-12(2)22-15(27)10-26-18-17(23-19(26)28)24(3)20(29)25(18)4/h5-7,9,12,17-18,21H,8,10H2,1-4H3,(H,22,27)(H,23,28)/t12-,17-,18-/m0/s1. The molecule has 154 valence electrons. The van der Waals surface area contributed by atoms with E-state index in [4.69, 9.17) is 0 Å². The molecule has 9 nitrogen and oxygen atoms in total. The molecular weight excluding hydrogens is 372 g/mol. The Morgan fingerprint density at radius 3 is 2.76 bits per heavy atom. The summed E-state index contributed by atoms with van der Waals surface area (Å²) in [7, 11) is 3.27. The highest BCUT2D eigenvalue weighted by Gasteiger charge is 2.52. The zero-order valence-electron chi connectivity index (χ0n) is 17.0. The lowest BCUT2D eigenvalue weighted by molar-refractivity contribution is -0.122. The van der Waals surface area contributed by atoms with Crippen LogP contribution in [0, 0.1) is 6.92 Å². The molecule has 2 aliphatic heterocycles. The summed E-state index contributed by atoms with van der Waals surface area (Å²) in [6, 6.07) is 5.52. The first-order valence-corrected chi connectivity index (χ1v) is 9.69. The number of carbonyl (C=O) groups is 3. The third-order valence-corrected chi connectivity index (χ3v) is 5.81. The third kappa shape index (κ3) is 3.16. The van der Waals surface area contributed by atoms with Gasteiger partial charge in [-0.3, -0.25) is 9.69 Å². The van der Waals surface area contributed by atoms with Crippen LogP contribution in [-0.2, 0) is 11.2 Å². The molecule has 1 aromatic carbocycles. The molecule has 9 heteroatoms. The van der Waals surface area contributed by atoms with Crippen LogP contribution in [0.3, 0.4) is 0 Å². The Hall–Kier alpha value is -3.23. The Balaban J connectivity index is 1.40. The van der Waals surface area contributed by atoms with Gasteiger partial charge in [0, 0.05) is 37.2 Å². The number of hydrogen-bond acceptors (Lipinski definition) is 3. The van der Waals surface area contributed by atoms with E-state index in [1.807, 2.05) is 19.2 Å². The van der Waals surface area contributed by atoms with Crippen LogP contribution in [0.1, 0.15) is 18.1 Å². The lowest BCUT2D eigenvalue weighted by Crippen LogP contribution is -2.49. The zero-order valence-corrected chi connectivity index (χ0v) is 17.0. The van der Waals surface area contributed by atoms with Gasteiger partial charge in [-0.1, -0.05) is 18.2 Å². The van der Waals surface area contributed by atoms with Crippen molar-refractivity contribution in [2.45, 2.75) is 38.6 Å². The lowest BCUT2D eigenvalue weighted by atomic mass is 10.0. The summed E-state index contributed by atoms with van der Waals surface area (Å²) >= 11 is 0. The van der Waals surface area contributed by atoms with Crippen molar-refractivity contribution in [1.29, 1.82) is 0 Å². The summed E-state index contributed by atoms with van der Waals surface area (Å²) in [4.78, 5) is 44.7. The van der Waals surface area contributed by atoms with Gasteiger partial charge in [0.25, 0.3) is 0 Å². The Morgan fingerprint density at radius 1 is 1.24 bits per heavy atom. The highest BCUT2D eigenvalue weighted by atomic mass is 16.2. The minimum atomic E-state index is -0.488. The second-order valence-corrected chi connectivity index (χ2v) is 7.92. The highest BCUT2D eigenvalue weighted by Crippen LogP contribution is 2.26. The molecule has 0 aliphatic carbocycles. The van der Waals surface area contributed by atoms with Gasteiger partial charge in [0.2, 0.25) is 5.91 Å². The van der Waals surface area contributed by atoms with Crippen molar-refractivity contribution in [1.82, 2.24) is 30.3 Å². The van der Waals surface area contributed by atoms with Gasteiger partial charge in [0.15, 0.2) is 0 Å². The molecule has 5 amide bonds. The molecular formula is C20H26N6O3. The Kier molecular flexibility index (Phi) is 4.60. The van der Waals surface area contributed by atoms with Gasteiger partial charge in [0.1, 0.15) is 18.9 Å². The number of nitrogens with zero attached hydrogens (tertiary/aromatic N) is 3. The lowest BCUT2D eigenvalue weighted by Gasteiger charge is -2.26. The molecule has 0 bridgehead atoms. The Labute approximate surface area is 169 Å². The van der Waals surface area contributed by atoms with Gasteiger partial charge in [0.05, 0.1) is 0 Å². The molecule has 2 saturated heterocycles. The number of nitrogens with one attached hydrogen (secondary N) is 3. The predicted octanol–water partition coefficient (Wildman–Crippen LogP) is 1.20. The van der Waals surface area contributed by atoms with Gasteiger partial charge in [-0.2, -0.15) is 0 Å². The Bertz CT molecular complexity index is 986. The summed E-state index contributed by atoms with van der Waals surface area (Å²) in [5, 5.41) is 6.89. The second-order valence-electron chi connectivity index (χ2n) is 7.92. The smallest absolute Gasteiger partial charge is 0.323 e. The molecule has 29 heavy (non-hydrogen) atoms. The summed E-state index contributed by atoms with van der Waals surface area (Å²) in [5.41, 5.74) is 3.43. The number of para-hydroxylation sites is 1. The van der Waals surface area contributed by atoms with E-state index in [0.29, 0.717) is 6.42 Å². The van der Waals surface area contributed by atoms with E-state index in [9.17, 15) is 14.4 Å². The fourth-order valence-corrected chi connectivity index (χ4v) is 4.33. The van der Waals surface area contributed by atoms with Gasteiger partial charge in [-0.25, -0.2) is 9.59 Å². The second kappa shape index (κ2) is 6.98. The van der Waals surface area contributed by atoms with Gasteiger partial charge in [-0.05, 0) is 31.4 Å². The first kappa shape index (κ1) is 19.1. The van der Waals surface area contributed by atoms with E-state index < -0.39 is 12.3 Å². The molecule has 0 saturated carbocycles. The molecule has 3 heterocycles. The third-order valence-electron chi connectivity index (χ3n) is 5.81. The van der Waals surface area contributed by atoms with Crippen LogP contribution in [0.2, 0.25) is 0 Å². The number of benzene rings is 1. The minimum Gasteiger partial charge on any atom is -0.361 e. The van der Waals surface area contributed by atoms with Crippen LogP contribution >= 0.6 is 0 Å². The predicted molar refractivity (Wildman–Crippen MR) is 108 cm³/mol. The number of rotatable bonds is 5.